The number of rotatable bonds is 4. The zero-order valence-electron chi connectivity index (χ0n) is 21.6. The van der Waals surface area contributed by atoms with Gasteiger partial charge in [-0.15, -0.1) is 0 Å². The van der Waals surface area contributed by atoms with Crippen molar-refractivity contribution in [1.29, 1.82) is 0 Å². The highest BCUT2D eigenvalue weighted by Gasteiger charge is 2.55. The van der Waals surface area contributed by atoms with Gasteiger partial charge in [0.25, 0.3) is 0 Å². The van der Waals surface area contributed by atoms with Gasteiger partial charge in [-0.1, -0.05) is 36.4 Å². The van der Waals surface area contributed by atoms with E-state index in [1.807, 2.05) is 26.0 Å². The highest BCUT2D eigenvalue weighted by atomic mass is 16.6. The minimum atomic E-state index is -1.22. The molecule has 5 aromatic rings. The fourth-order valence-corrected chi connectivity index (χ4v) is 6.26. The summed E-state index contributed by atoms with van der Waals surface area (Å²) < 4.78 is 11.2. The summed E-state index contributed by atoms with van der Waals surface area (Å²) in [5, 5.41) is 2.12. The van der Waals surface area contributed by atoms with E-state index >= 15 is 0 Å². The van der Waals surface area contributed by atoms with Crippen molar-refractivity contribution >= 4 is 27.8 Å². The zero-order valence-corrected chi connectivity index (χ0v) is 21.6. The number of carbonyl (C=O) groups is 1. The van der Waals surface area contributed by atoms with Crippen LogP contribution in [0.5, 0.6) is 0 Å². The second-order valence-corrected chi connectivity index (χ2v) is 9.61. The van der Waals surface area contributed by atoms with E-state index in [0.717, 1.165) is 68.8 Å². The molecule has 3 aromatic heterocycles. The lowest BCUT2D eigenvalue weighted by atomic mass is 9.80. The van der Waals surface area contributed by atoms with Crippen molar-refractivity contribution in [1.82, 2.24) is 19.1 Å². The van der Waals surface area contributed by atoms with Crippen LogP contribution in [-0.4, -0.2) is 25.1 Å². The lowest BCUT2D eigenvalue weighted by Gasteiger charge is -2.30. The smallest absolute Gasteiger partial charge is 0.360 e. The molecule has 0 atom stereocenters. The van der Waals surface area contributed by atoms with E-state index in [-0.39, 0.29) is 0 Å². The summed E-state index contributed by atoms with van der Waals surface area (Å²) in [6.07, 6.45) is 0. The quantitative estimate of drug-likeness (QED) is 0.292. The number of esters is 1. The Morgan fingerprint density at radius 3 is 1.72 bits per heavy atom. The van der Waals surface area contributed by atoms with Crippen LogP contribution >= 0.6 is 0 Å². The van der Waals surface area contributed by atoms with Gasteiger partial charge in [-0.05, 0) is 53.7 Å². The summed E-state index contributed by atoms with van der Waals surface area (Å²) >= 11 is 0. The number of para-hydroxylation sites is 2. The molecule has 0 bridgehead atoms. The Balaban J connectivity index is 1.88. The van der Waals surface area contributed by atoms with Gasteiger partial charge in [-0.2, -0.15) is 0 Å². The van der Waals surface area contributed by atoms with Crippen molar-refractivity contribution in [2.45, 2.75) is 60.2 Å². The third-order valence-electron chi connectivity index (χ3n) is 7.88. The van der Waals surface area contributed by atoms with Crippen LogP contribution in [0, 0.1) is 27.7 Å². The van der Waals surface area contributed by atoms with Crippen molar-refractivity contribution in [2.75, 3.05) is 0 Å². The SMILES string of the molecule is CCn1c(C)c(C2(c3c(C)n(CC)c4ccccc34)OC(=O)c3nc(C)c(C)nc32)c2ccccc21. The Bertz CT molecular complexity index is 1620. The van der Waals surface area contributed by atoms with Gasteiger partial charge in [-0.25, -0.2) is 14.8 Å². The van der Waals surface area contributed by atoms with Gasteiger partial charge in [0.05, 0.1) is 11.4 Å². The van der Waals surface area contributed by atoms with Gasteiger partial charge in [0.15, 0.2) is 5.69 Å². The molecule has 0 saturated carbocycles. The van der Waals surface area contributed by atoms with E-state index in [1.165, 1.54) is 0 Å². The maximum atomic E-state index is 13.6. The molecular formula is C30H30N4O2. The first-order valence-corrected chi connectivity index (χ1v) is 12.6. The predicted molar refractivity (Wildman–Crippen MR) is 142 cm³/mol. The second kappa shape index (κ2) is 7.79. The average molecular weight is 479 g/mol. The van der Waals surface area contributed by atoms with Gasteiger partial charge in [0.2, 0.25) is 5.60 Å². The van der Waals surface area contributed by atoms with Crippen molar-refractivity contribution < 1.29 is 9.53 Å². The Hall–Kier alpha value is -3.93. The van der Waals surface area contributed by atoms with Crippen LogP contribution in [-0.2, 0) is 23.4 Å². The zero-order chi connectivity index (χ0) is 25.4. The Labute approximate surface area is 210 Å². The normalized spacial score (nSPS) is 14.6. The topological polar surface area (TPSA) is 61.9 Å². The van der Waals surface area contributed by atoms with Crippen LogP contribution in [0.25, 0.3) is 21.8 Å². The monoisotopic (exact) mass is 478 g/mol. The van der Waals surface area contributed by atoms with Gasteiger partial charge < -0.3 is 13.9 Å². The first-order valence-electron chi connectivity index (χ1n) is 12.6. The first kappa shape index (κ1) is 22.5. The second-order valence-electron chi connectivity index (χ2n) is 9.61. The minimum Gasteiger partial charge on any atom is -0.437 e. The van der Waals surface area contributed by atoms with Crippen LogP contribution < -0.4 is 0 Å². The predicted octanol–water partition coefficient (Wildman–Crippen LogP) is 6.12. The van der Waals surface area contributed by atoms with Crippen LogP contribution in [0.1, 0.15) is 63.9 Å². The third-order valence-corrected chi connectivity index (χ3v) is 7.88. The number of aromatic nitrogens is 4. The number of benzene rings is 2. The van der Waals surface area contributed by atoms with Crippen molar-refractivity contribution in [3.63, 3.8) is 0 Å². The van der Waals surface area contributed by atoms with Crippen LogP contribution in [0.15, 0.2) is 48.5 Å². The molecule has 0 radical (unpaired) electrons. The molecule has 6 heteroatoms. The Morgan fingerprint density at radius 2 is 1.22 bits per heavy atom. The average Bonchev–Trinajstić information content (AvgIpc) is 3.43. The number of aryl methyl sites for hydroxylation is 4. The van der Waals surface area contributed by atoms with Gasteiger partial charge in [-0.3, -0.25) is 0 Å². The fraction of sp³-hybridized carbons (Fsp3) is 0.300. The number of hydrogen-bond acceptors (Lipinski definition) is 4. The highest BCUT2D eigenvalue weighted by molar-refractivity contribution is 5.99. The van der Waals surface area contributed by atoms with E-state index in [0.29, 0.717) is 11.4 Å². The van der Waals surface area contributed by atoms with E-state index in [1.54, 1.807) is 0 Å². The lowest BCUT2D eigenvalue weighted by Crippen LogP contribution is -2.32. The molecule has 182 valence electrons. The number of nitrogens with zero attached hydrogens (tertiary/aromatic N) is 4. The van der Waals surface area contributed by atoms with Crippen molar-refractivity contribution in [3.05, 3.63) is 93.8 Å². The molecule has 0 saturated heterocycles. The molecule has 1 aliphatic rings. The number of fused-ring (bicyclic) bond motifs is 3. The first-order chi connectivity index (χ1) is 17.3. The molecule has 6 nitrogen and oxygen atoms in total. The lowest BCUT2D eigenvalue weighted by molar-refractivity contribution is 0.0245. The van der Waals surface area contributed by atoms with E-state index in [9.17, 15) is 4.79 Å². The molecule has 0 fully saturated rings. The standard InChI is InChI=1S/C30H30N4O2/c1-7-33-19(5)25(21-13-9-11-15-23(21)33)30(28-27(29(35)36-30)31-17(3)18(4)32-28)26-20(6)34(8-2)24-16-12-10-14-22(24)26/h9-16H,7-8H2,1-6H3. The molecule has 4 heterocycles. The molecule has 2 aromatic carbocycles. The van der Waals surface area contributed by atoms with E-state index in [4.69, 9.17) is 14.7 Å². The molecule has 1 aliphatic heterocycles. The maximum Gasteiger partial charge on any atom is 0.360 e. The van der Waals surface area contributed by atoms with Gasteiger partial charge in [0, 0.05) is 57.4 Å². The molecule has 0 amide bonds. The number of hydrogen-bond donors (Lipinski definition) is 0. The summed E-state index contributed by atoms with van der Waals surface area (Å²) in [6, 6.07) is 16.7. The minimum absolute atomic E-state index is 0.304. The number of ether oxygens (including phenoxy) is 1. The van der Waals surface area contributed by atoms with Crippen LogP contribution in [0.3, 0.4) is 0 Å². The molecule has 0 N–H and O–H groups in total. The van der Waals surface area contributed by atoms with Gasteiger partial charge >= 0.3 is 5.97 Å². The summed E-state index contributed by atoms with van der Waals surface area (Å²) in [7, 11) is 0. The molecule has 0 spiro atoms. The maximum absolute atomic E-state index is 13.6. The highest BCUT2D eigenvalue weighted by Crippen LogP contribution is 2.53. The third kappa shape index (κ3) is 2.70. The number of cyclic esters (lactones) is 1. The van der Waals surface area contributed by atoms with Crippen molar-refractivity contribution in [2.24, 2.45) is 0 Å². The molecule has 36 heavy (non-hydrogen) atoms. The molecule has 0 aliphatic carbocycles. The van der Waals surface area contributed by atoms with E-state index < -0.39 is 11.6 Å². The molecule has 6 rings (SSSR count). The van der Waals surface area contributed by atoms with Crippen molar-refractivity contribution in [3.8, 4) is 0 Å². The summed E-state index contributed by atoms with van der Waals surface area (Å²) in [4.78, 5) is 23.4. The Kier molecular flexibility index (Phi) is 4.87. The Morgan fingerprint density at radius 1 is 0.750 bits per heavy atom. The van der Waals surface area contributed by atoms with E-state index in [2.05, 4.69) is 73.2 Å². The van der Waals surface area contributed by atoms with Gasteiger partial charge in [0.1, 0.15) is 5.69 Å². The largest absolute Gasteiger partial charge is 0.437 e. The molecular weight excluding hydrogens is 448 g/mol. The fourth-order valence-electron chi connectivity index (χ4n) is 6.26. The summed E-state index contributed by atoms with van der Waals surface area (Å²) in [5.41, 5.74) is 7.49. The van der Waals surface area contributed by atoms with Crippen LogP contribution in [0.2, 0.25) is 0 Å². The summed E-state index contributed by atoms with van der Waals surface area (Å²) in [5.74, 6) is -0.430. The molecule has 0 unspecified atom stereocenters. The number of carbonyl (C=O) groups excluding carboxylic acids is 1. The summed E-state index contributed by atoms with van der Waals surface area (Å²) in [6.45, 7) is 14.0. The van der Waals surface area contributed by atoms with Crippen LogP contribution in [0.4, 0.5) is 0 Å².